The molecule has 8 nitrogen and oxygen atoms in total. The third-order valence-corrected chi connectivity index (χ3v) is 5.59. The van der Waals surface area contributed by atoms with Gasteiger partial charge in [0.2, 0.25) is 0 Å². The number of nitrogens with one attached hydrogen (secondary N) is 1. The number of fused-ring (bicyclic) bond motifs is 1. The molecule has 0 saturated heterocycles. The standard InChI is InChI=1S/C24H31NO7/c1-6-31-18-9-8-15(10-19(18)28-3)23-24(27,13-22(26)32-7-2)17-12-21(30-5)20(29-4)11-16(17)14-25-23/h8-12,23,25,27H,6-7,13-14H2,1-5H3. The molecule has 0 fully saturated rings. The van der Waals surface area contributed by atoms with Crippen LogP contribution in [0.2, 0.25) is 0 Å². The van der Waals surface area contributed by atoms with E-state index in [4.69, 9.17) is 23.7 Å². The molecule has 3 rings (SSSR count). The Hall–Kier alpha value is -2.97. The number of hydrogen-bond acceptors (Lipinski definition) is 8. The highest BCUT2D eigenvalue weighted by molar-refractivity contribution is 5.72. The summed E-state index contributed by atoms with van der Waals surface area (Å²) in [7, 11) is 4.65. The molecule has 0 aromatic heterocycles. The summed E-state index contributed by atoms with van der Waals surface area (Å²) in [5.74, 6) is 1.67. The second-order valence-electron chi connectivity index (χ2n) is 7.43. The SMILES string of the molecule is CCOC(=O)CC1(O)c2cc(OC)c(OC)cc2CNC1c1ccc(OCC)c(OC)c1. The van der Waals surface area contributed by atoms with E-state index in [1.165, 1.54) is 7.11 Å². The van der Waals surface area contributed by atoms with E-state index in [0.29, 0.717) is 41.7 Å². The normalized spacial score (nSPS) is 19.6. The van der Waals surface area contributed by atoms with Crippen molar-refractivity contribution in [1.29, 1.82) is 0 Å². The maximum atomic E-state index is 12.5. The Morgan fingerprint density at radius 1 is 1.00 bits per heavy atom. The number of benzene rings is 2. The predicted octanol–water partition coefficient (Wildman–Crippen LogP) is 3.10. The van der Waals surface area contributed by atoms with E-state index < -0.39 is 17.6 Å². The zero-order valence-electron chi connectivity index (χ0n) is 19.2. The summed E-state index contributed by atoms with van der Waals surface area (Å²) < 4.78 is 27.2. The maximum absolute atomic E-state index is 12.5. The summed E-state index contributed by atoms with van der Waals surface area (Å²) >= 11 is 0. The fourth-order valence-electron chi connectivity index (χ4n) is 4.17. The van der Waals surface area contributed by atoms with Gasteiger partial charge in [-0.05, 0) is 54.8 Å². The van der Waals surface area contributed by atoms with E-state index >= 15 is 0 Å². The van der Waals surface area contributed by atoms with Crippen LogP contribution in [-0.2, 0) is 21.7 Å². The van der Waals surface area contributed by atoms with Crippen molar-refractivity contribution in [3.63, 3.8) is 0 Å². The lowest BCUT2D eigenvalue weighted by Crippen LogP contribution is -2.47. The lowest BCUT2D eigenvalue weighted by Gasteiger charge is -2.42. The number of carbonyl (C=O) groups is 1. The van der Waals surface area contributed by atoms with Gasteiger partial charge in [-0.25, -0.2) is 0 Å². The van der Waals surface area contributed by atoms with Crippen molar-refractivity contribution < 1.29 is 33.6 Å². The van der Waals surface area contributed by atoms with Gasteiger partial charge in [0.15, 0.2) is 23.0 Å². The van der Waals surface area contributed by atoms with Gasteiger partial charge in [-0.3, -0.25) is 4.79 Å². The smallest absolute Gasteiger partial charge is 0.309 e. The Labute approximate surface area is 188 Å². The molecule has 2 unspecified atom stereocenters. The number of aliphatic hydroxyl groups is 1. The number of rotatable bonds is 9. The Bertz CT molecular complexity index is 962. The Morgan fingerprint density at radius 3 is 2.28 bits per heavy atom. The van der Waals surface area contributed by atoms with E-state index in [0.717, 1.165) is 11.1 Å². The number of methoxy groups -OCH3 is 3. The van der Waals surface area contributed by atoms with Gasteiger partial charge in [0, 0.05) is 6.54 Å². The number of hydrogen-bond donors (Lipinski definition) is 2. The predicted molar refractivity (Wildman–Crippen MR) is 118 cm³/mol. The lowest BCUT2D eigenvalue weighted by molar-refractivity contribution is -0.151. The minimum absolute atomic E-state index is 0.225. The molecule has 2 atom stereocenters. The fourth-order valence-corrected chi connectivity index (χ4v) is 4.17. The van der Waals surface area contributed by atoms with Crippen LogP contribution in [0, 0.1) is 0 Å². The van der Waals surface area contributed by atoms with Crippen LogP contribution in [0.4, 0.5) is 0 Å². The highest BCUT2D eigenvalue weighted by atomic mass is 16.5. The van der Waals surface area contributed by atoms with Crippen LogP contribution < -0.4 is 24.3 Å². The van der Waals surface area contributed by atoms with Gasteiger partial charge in [-0.1, -0.05) is 6.07 Å². The molecule has 2 aromatic carbocycles. The van der Waals surface area contributed by atoms with Crippen molar-refractivity contribution in [2.24, 2.45) is 0 Å². The van der Waals surface area contributed by atoms with E-state index in [2.05, 4.69) is 5.32 Å². The average molecular weight is 446 g/mol. The fraction of sp³-hybridized carbons (Fsp3) is 0.458. The first-order valence-corrected chi connectivity index (χ1v) is 10.6. The molecule has 32 heavy (non-hydrogen) atoms. The van der Waals surface area contributed by atoms with E-state index in [-0.39, 0.29) is 13.0 Å². The molecule has 0 amide bonds. The highest BCUT2D eigenvalue weighted by Crippen LogP contribution is 2.47. The zero-order chi connectivity index (χ0) is 23.3. The Kier molecular flexibility index (Phi) is 7.48. The van der Waals surface area contributed by atoms with Gasteiger partial charge in [-0.2, -0.15) is 0 Å². The van der Waals surface area contributed by atoms with Crippen LogP contribution in [0.3, 0.4) is 0 Å². The minimum Gasteiger partial charge on any atom is -0.493 e. The van der Waals surface area contributed by atoms with Crippen molar-refractivity contribution in [1.82, 2.24) is 5.32 Å². The molecular weight excluding hydrogens is 414 g/mol. The van der Waals surface area contributed by atoms with Gasteiger partial charge in [-0.15, -0.1) is 0 Å². The number of ether oxygens (including phenoxy) is 5. The topological polar surface area (TPSA) is 95.5 Å². The molecule has 0 spiro atoms. The van der Waals surface area contributed by atoms with E-state index in [9.17, 15) is 9.90 Å². The van der Waals surface area contributed by atoms with Gasteiger partial charge in [0.25, 0.3) is 0 Å². The van der Waals surface area contributed by atoms with Crippen LogP contribution >= 0.6 is 0 Å². The first-order chi connectivity index (χ1) is 15.4. The molecule has 174 valence electrons. The third kappa shape index (κ3) is 4.47. The first kappa shape index (κ1) is 23.7. The first-order valence-electron chi connectivity index (χ1n) is 10.6. The molecule has 8 heteroatoms. The van der Waals surface area contributed by atoms with Crippen molar-refractivity contribution in [2.75, 3.05) is 34.5 Å². The molecule has 0 radical (unpaired) electrons. The van der Waals surface area contributed by atoms with Crippen LogP contribution in [0.25, 0.3) is 0 Å². The second-order valence-corrected chi connectivity index (χ2v) is 7.43. The molecule has 2 N–H and O–H groups in total. The molecule has 0 aliphatic carbocycles. The summed E-state index contributed by atoms with van der Waals surface area (Å²) in [6.45, 7) is 4.81. The van der Waals surface area contributed by atoms with Gasteiger partial charge < -0.3 is 34.1 Å². The molecule has 2 aromatic rings. The van der Waals surface area contributed by atoms with Crippen LogP contribution in [0.5, 0.6) is 23.0 Å². The zero-order valence-corrected chi connectivity index (χ0v) is 19.2. The highest BCUT2D eigenvalue weighted by Gasteiger charge is 2.46. The Balaban J connectivity index is 2.13. The van der Waals surface area contributed by atoms with Crippen LogP contribution in [0.1, 0.15) is 43.0 Å². The second kappa shape index (κ2) is 10.1. The molecule has 0 bridgehead atoms. The van der Waals surface area contributed by atoms with Crippen molar-refractivity contribution in [3.05, 3.63) is 47.0 Å². The van der Waals surface area contributed by atoms with E-state index in [1.54, 1.807) is 33.3 Å². The van der Waals surface area contributed by atoms with Gasteiger partial charge >= 0.3 is 5.97 Å². The lowest BCUT2D eigenvalue weighted by atomic mass is 9.75. The summed E-state index contributed by atoms with van der Waals surface area (Å²) in [4.78, 5) is 12.5. The molecular formula is C24H31NO7. The molecule has 1 heterocycles. The number of esters is 1. The summed E-state index contributed by atoms with van der Waals surface area (Å²) in [5.41, 5.74) is 0.540. The molecule has 0 saturated carbocycles. The summed E-state index contributed by atoms with van der Waals surface area (Å²) in [6, 6.07) is 8.40. The Morgan fingerprint density at radius 2 is 1.66 bits per heavy atom. The van der Waals surface area contributed by atoms with Gasteiger partial charge in [0.05, 0.1) is 47.0 Å². The monoisotopic (exact) mass is 445 g/mol. The summed E-state index contributed by atoms with van der Waals surface area (Å²) in [5, 5.41) is 15.4. The van der Waals surface area contributed by atoms with E-state index in [1.807, 2.05) is 25.1 Å². The quantitative estimate of drug-likeness (QED) is 0.569. The minimum atomic E-state index is -1.60. The largest absolute Gasteiger partial charge is 0.493 e. The van der Waals surface area contributed by atoms with Gasteiger partial charge in [0.1, 0.15) is 5.60 Å². The average Bonchev–Trinajstić information content (AvgIpc) is 2.79. The van der Waals surface area contributed by atoms with Crippen molar-refractivity contribution in [3.8, 4) is 23.0 Å². The van der Waals surface area contributed by atoms with Crippen molar-refractivity contribution in [2.45, 2.75) is 38.5 Å². The van der Waals surface area contributed by atoms with Crippen LogP contribution in [-0.4, -0.2) is 45.6 Å². The van der Waals surface area contributed by atoms with Crippen LogP contribution in [0.15, 0.2) is 30.3 Å². The van der Waals surface area contributed by atoms with Crippen molar-refractivity contribution >= 4 is 5.97 Å². The number of carbonyl (C=O) groups excluding carboxylic acids is 1. The molecule has 1 aliphatic rings. The maximum Gasteiger partial charge on any atom is 0.309 e. The molecule has 1 aliphatic heterocycles. The summed E-state index contributed by atoms with van der Waals surface area (Å²) in [6.07, 6.45) is -0.240. The third-order valence-electron chi connectivity index (χ3n) is 5.59.